The molecule has 1 rings (SSSR count). The van der Waals surface area contributed by atoms with Gasteiger partial charge in [0.1, 0.15) is 0 Å². The Balaban J connectivity index is 2.31. The fourth-order valence-corrected chi connectivity index (χ4v) is 1.57. The third-order valence-electron chi connectivity index (χ3n) is 2.31. The van der Waals surface area contributed by atoms with Crippen molar-refractivity contribution < 1.29 is 9.59 Å². The molecule has 0 atom stereocenters. The van der Waals surface area contributed by atoms with Crippen LogP contribution in [0.1, 0.15) is 26.2 Å². The molecule has 1 aromatic rings. The molecule has 5 heteroatoms. The number of nitrogens with one attached hydrogen (secondary N) is 2. The third-order valence-corrected chi connectivity index (χ3v) is 2.55. The average Bonchev–Trinajstić information content (AvgIpc) is 2.34. The molecule has 0 aliphatic heterocycles. The Labute approximate surface area is 112 Å². The normalized spacial score (nSPS) is 9.89. The first-order valence-electron chi connectivity index (χ1n) is 5.94. The number of rotatable bonds is 6. The molecular weight excluding hydrogens is 252 g/mol. The maximum Gasteiger partial charge on any atom is 0.243 e. The number of carbonyl (C=O) groups is 2. The zero-order valence-corrected chi connectivity index (χ0v) is 11.1. The third kappa shape index (κ3) is 5.68. The monoisotopic (exact) mass is 268 g/mol. The van der Waals surface area contributed by atoms with Gasteiger partial charge in [-0.05, 0) is 24.6 Å². The maximum atomic E-state index is 11.5. The minimum absolute atomic E-state index is 0.0188. The quantitative estimate of drug-likeness (QED) is 0.833. The van der Waals surface area contributed by atoms with Gasteiger partial charge < -0.3 is 10.6 Å². The van der Waals surface area contributed by atoms with Gasteiger partial charge in [-0.2, -0.15) is 0 Å². The maximum absolute atomic E-state index is 11.5. The number of carbonyl (C=O) groups excluding carboxylic acids is 2. The number of halogens is 1. The predicted octanol–water partition coefficient (Wildman–Crippen LogP) is 2.58. The van der Waals surface area contributed by atoms with Crippen LogP contribution in [0.3, 0.4) is 0 Å². The molecule has 0 aromatic heterocycles. The zero-order chi connectivity index (χ0) is 13.4. The fraction of sp³-hybridized carbons (Fsp3) is 0.385. The highest BCUT2D eigenvalue weighted by atomic mass is 35.5. The van der Waals surface area contributed by atoms with E-state index in [1.807, 2.05) is 6.92 Å². The van der Waals surface area contributed by atoms with E-state index in [0.29, 0.717) is 17.1 Å². The largest absolute Gasteiger partial charge is 0.347 e. The van der Waals surface area contributed by atoms with Crippen LogP contribution in [0.25, 0.3) is 0 Å². The Hall–Kier alpha value is -1.55. The van der Waals surface area contributed by atoms with Crippen LogP contribution in [0.2, 0.25) is 5.02 Å². The first kappa shape index (κ1) is 14.5. The molecule has 18 heavy (non-hydrogen) atoms. The van der Waals surface area contributed by atoms with E-state index < -0.39 is 0 Å². The number of benzene rings is 1. The van der Waals surface area contributed by atoms with Crippen molar-refractivity contribution in [3.63, 3.8) is 0 Å². The molecule has 0 bridgehead atoms. The van der Waals surface area contributed by atoms with Gasteiger partial charge in [-0.25, -0.2) is 0 Å². The molecule has 2 N–H and O–H groups in total. The minimum Gasteiger partial charge on any atom is -0.347 e. The molecule has 0 aliphatic carbocycles. The van der Waals surface area contributed by atoms with Crippen molar-refractivity contribution in [2.75, 3.05) is 11.9 Å². The van der Waals surface area contributed by atoms with Crippen LogP contribution in [-0.4, -0.2) is 18.4 Å². The van der Waals surface area contributed by atoms with Gasteiger partial charge in [0, 0.05) is 17.1 Å². The highest BCUT2D eigenvalue weighted by molar-refractivity contribution is 6.30. The Morgan fingerprint density at radius 2 is 2.06 bits per heavy atom. The highest BCUT2D eigenvalue weighted by Gasteiger charge is 2.05. The topological polar surface area (TPSA) is 58.2 Å². The molecule has 98 valence electrons. The lowest BCUT2D eigenvalue weighted by atomic mass is 10.2. The summed E-state index contributed by atoms with van der Waals surface area (Å²) in [6.45, 7) is 1.99. The lowest BCUT2D eigenvalue weighted by molar-refractivity contribution is -0.124. The Morgan fingerprint density at radius 1 is 1.28 bits per heavy atom. The number of amides is 2. The molecular formula is C13H17ClN2O2. The van der Waals surface area contributed by atoms with Gasteiger partial charge in [-0.1, -0.05) is 31.0 Å². The van der Waals surface area contributed by atoms with E-state index in [9.17, 15) is 9.59 Å². The summed E-state index contributed by atoms with van der Waals surface area (Å²) < 4.78 is 0. The minimum atomic E-state index is -0.262. The summed E-state index contributed by atoms with van der Waals surface area (Å²) in [5, 5.41) is 5.78. The molecule has 0 saturated heterocycles. The summed E-state index contributed by atoms with van der Waals surface area (Å²) in [7, 11) is 0. The van der Waals surface area contributed by atoms with Crippen molar-refractivity contribution in [3.05, 3.63) is 29.3 Å². The predicted molar refractivity (Wildman–Crippen MR) is 72.6 cm³/mol. The SMILES string of the molecule is CCCCC(=O)NCC(=O)Nc1cccc(Cl)c1. The lowest BCUT2D eigenvalue weighted by Gasteiger charge is -2.07. The van der Waals surface area contributed by atoms with E-state index in [1.165, 1.54) is 0 Å². The van der Waals surface area contributed by atoms with E-state index in [-0.39, 0.29) is 18.4 Å². The summed E-state index contributed by atoms with van der Waals surface area (Å²) >= 11 is 5.79. The van der Waals surface area contributed by atoms with Gasteiger partial charge in [-0.15, -0.1) is 0 Å². The lowest BCUT2D eigenvalue weighted by Crippen LogP contribution is -2.32. The van der Waals surface area contributed by atoms with Gasteiger partial charge in [0.2, 0.25) is 11.8 Å². The summed E-state index contributed by atoms with van der Waals surface area (Å²) in [6.07, 6.45) is 2.25. The first-order chi connectivity index (χ1) is 8.61. The number of unbranched alkanes of at least 4 members (excludes halogenated alkanes) is 1. The van der Waals surface area contributed by atoms with E-state index in [2.05, 4.69) is 10.6 Å². The molecule has 2 amide bonds. The zero-order valence-electron chi connectivity index (χ0n) is 10.3. The van der Waals surface area contributed by atoms with Crippen molar-refractivity contribution >= 4 is 29.1 Å². The van der Waals surface area contributed by atoms with Crippen LogP contribution in [-0.2, 0) is 9.59 Å². The number of hydrogen-bond donors (Lipinski definition) is 2. The van der Waals surface area contributed by atoms with Crippen molar-refractivity contribution in [3.8, 4) is 0 Å². The van der Waals surface area contributed by atoms with E-state index in [1.54, 1.807) is 24.3 Å². The van der Waals surface area contributed by atoms with E-state index in [0.717, 1.165) is 12.8 Å². The van der Waals surface area contributed by atoms with E-state index >= 15 is 0 Å². The second-order valence-corrected chi connectivity index (χ2v) is 4.38. The van der Waals surface area contributed by atoms with Crippen molar-refractivity contribution in [2.45, 2.75) is 26.2 Å². The van der Waals surface area contributed by atoms with Crippen molar-refractivity contribution in [2.24, 2.45) is 0 Å². The van der Waals surface area contributed by atoms with Crippen LogP contribution in [0.15, 0.2) is 24.3 Å². The van der Waals surface area contributed by atoms with Gasteiger partial charge in [0.15, 0.2) is 0 Å². The molecule has 4 nitrogen and oxygen atoms in total. The number of anilines is 1. The van der Waals surface area contributed by atoms with Crippen LogP contribution >= 0.6 is 11.6 Å². The smallest absolute Gasteiger partial charge is 0.243 e. The Bertz CT molecular complexity index is 421. The molecule has 0 unspecified atom stereocenters. The highest BCUT2D eigenvalue weighted by Crippen LogP contribution is 2.14. The molecule has 1 aromatic carbocycles. The Kier molecular flexibility index (Phi) is 6.22. The van der Waals surface area contributed by atoms with Crippen molar-refractivity contribution in [1.82, 2.24) is 5.32 Å². The van der Waals surface area contributed by atoms with Gasteiger partial charge in [-0.3, -0.25) is 9.59 Å². The average molecular weight is 269 g/mol. The molecule has 0 aliphatic rings. The summed E-state index contributed by atoms with van der Waals surface area (Å²) in [5.41, 5.74) is 0.621. The van der Waals surface area contributed by atoms with Gasteiger partial charge >= 0.3 is 0 Å². The van der Waals surface area contributed by atoms with Gasteiger partial charge in [0.25, 0.3) is 0 Å². The summed E-state index contributed by atoms with van der Waals surface area (Å²) in [6, 6.07) is 6.86. The summed E-state index contributed by atoms with van der Waals surface area (Å²) in [5.74, 6) is -0.361. The standard InChI is InChI=1S/C13H17ClN2O2/c1-2-3-7-12(17)15-9-13(18)16-11-6-4-5-10(14)8-11/h4-6,8H,2-3,7,9H2,1H3,(H,15,17)(H,16,18). The van der Waals surface area contributed by atoms with Crippen molar-refractivity contribution in [1.29, 1.82) is 0 Å². The van der Waals surface area contributed by atoms with Crippen LogP contribution < -0.4 is 10.6 Å². The second kappa shape index (κ2) is 7.71. The molecule has 0 spiro atoms. The van der Waals surface area contributed by atoms with Gasteiger partial charge in [0.05, 0.1) is 6.54 Å². The summed E-state index contributed by atoms with van der Waals surface area (Å²) in [4.78, 5) is 22.8. The molecule has 0 heterocycles. The van der Waals surface area contributed by atoms with E-state index in [4.69, 9.17) is 11.6 Å². The van der Waals surface area contributed by atoms with Crippen LogP contribution in [0, 0.1) is 0 Å². The fourth-order valence-electron chi connectivity index (χ4n) is 1.38. The molecule has 0 fully saturated rings. The first-order valence-corrected chi connectivity index (χ1v) is 6.31. The Morgan fingerprint density at radius 3 is 2.72 bits per heavy atom. The molecule has 0 radical (unpaired) electrons. The number of hydrogen-bond acceptors (Lipinski definition) is 2. The van der Waals surface area contributed by atoms with Crippen LogP contribution in [0.5, 0.6) is 0 Å². The molecule has 0 saturated carbocycles. The second-order valence-electron chi connectivity index (χ2n) is 3.94. The van der Waals surface area contributed by atoms with Crippen LogP contribution in [0.4, 0.5) is 5.69 Å².